The second-order valence-electron chi connectivity index (χ2n) is 16.4. The highest BCUT2D eigenvalue weighted by molar-refractivity contribution is 5.71. The highest BCUT2D eigenvalue weighted by Gasteiger charge is 2.19. The molecule has 0 aromatic carbocycles. The Morgan fingerprint density at radius 2 is 0.712 bits per heavy atom. The number of unbranched alkanes of at least 4 members (excludes halogenated alkanes) is 12. The SMILES string of the molecule is CC\C=C/C=C\C=C/C=C\CCCCCCCC(=O)OCC(COC(=O)CCC/C=C\C/C=C\C/C=C\CCCCCCCC)OC(=O)CC/C=C\C/C=C\C/C=C\C/C=C\C/C=C\CC. The highest BCUT2D eigenvalue weighted by atomic mass is 16.6. The molecule has 1 atom stereocenters. The molecular weight excluding hydrogens is 817 g/mol. The van der Waals surface area contributed by atoms with Crippen LogP contribution in [0.1, 0.15) is 194 Å². The third-order valence-corrected chi connectivity index (χ3v) is 10.2. The number of hydrogen-bond acceptors (Lipinski definition) is 6. The molecular formula is C60H92O6. The lowest BCUT2D eigenvalue weighted by Crippen LogP contribution is -2.30. The molecule has 0 bridgehead atoms. The summed E-state index contributed by atoms with van der Waals surface area (Å²) in [4.78, 5) is 38.0. The second kappa shape index (κ2) is 52.9. The molecule has 0 aliphatic carbocycles. The molecule has 6 heteroatoms. The molecule has 6 nitrogen and oxygen atoms in total. The second-order valence-corrected chi connectivity index (χ2v) is 16.4. The van der Waals surface area contributed by atoms with Crippen molar-refractivity contribution < 1.29 is 28.6 Å². The van der Waals surface area contributed by atoms with E-state index in [1.54, 1.807) is 0 Å². The van der Waals surface area contributed by atoms with Gasteiger partial charge in [0.05, 0.1) is 0 Å². The quantitative estimate of drug-likeness (QED) is 0.0199. The summed E-state index contributed by atoms with van der Waals surface area (Å²) in [7, 11) is 0. The van der Waals surface area contributed by atoms with Gasteiger partial charge in [0.25, 0.3) is 0 Å². The minimum Gasteiger partial charge on any atom is -0.462 e. The number of hydrogen-bond donors (Lipinski definition) is 0. The van der Waals surface area contributed by atoms with E-state index in [4.69, 9.17) is 14.2 Å². The number of carbonyl (C=O) groups is 3. The molecule has 0 N–H and O–H groups in total. The molecule has 0 amide bonds. The van der Waals surface area contributed by atoms with E-state index in [9.17, 15) is 14.4 Å². The summed E-state index contributed by atoms with van der Waals surface area (Å²) in [6.45, 7) is 6.22. The van der Waals surface area contributed by atoms with Gasteiger partial charge in [0.15, 0.2) is 6.10 Å². The van der Waals surface area contributed by atoms with E-state index < -0.39 is 12.1 Å². The molecule has 0 aromatic rings. The van der Waals surface area contributed by atoms with E-state index in [0.29, 0.717) is 19.3 Å². The monoisotopic (exact) mass is 909 g/mol. The first kappa shape index (κ1) is 61.3. The molecule has 0 radical (unpaired) electrons. The van der Waals surface area contributed by atoms with Gasteiger partial charge in [-0.1, -0.05) is 218 Å². The van der Waals surface area contributed by atoms with Gasteiger partial charge in [0.1, 0.15) is 13.2 Å². The van der Waals surface area contributed by atoms with E-state index in [2.05, 4.69) is 130 Å². The van der Waals surface area contributed by atoms with Gasteiger partial charge in [0, 0.05) is 19.3 Å². The molecule has 0 rings (SSSR count). The molecule has 66 heavy (non-hydrogen) atoms. The summed E-state index contributed by atoms with van der Waals surface area (Å²) in [5, 5.41) is 0. The standard InChI is InChI=1S/C60H92O6/c1-4-7-10-13-16-19-22-25-28-30-33-35-38-41-44-47-50-53-59(62)65-56-57(55-64-58(61)52-49-46-43-40-37-34-31-27-24-21-18-15-12-9-6-3)66-60(63)54-51-48-45-42-39-36-32-29-26-23-20-17-14-11-8-5-2/h8-9,11-12,15,17-18,20-21,24-29,31,33,35-36,39,41,44-45,48,57H,4-7,10,13-14,16,19,22-23,30,32,34,37-38,40,42-43,46-47,49-56H2,1-3H3/b11-8-,12-9-,18-15-,20-17-,24-21-,28-25-,29-26-,31-27-,35-33-,39-36-,44-41-,48-45-. The number of carbonyl (C=O) groups excluding carboxylic acids is 3. The van der Waals surface area contributed by atoms with E-state index >= 15 is 0 Å². The lowest BCUT2D eigenvalue weighted by Gasteiger charge is -2.18. The van der Waals surface area contributed by atoms with Crippen molar-refractivity contribution in [3.63, 3.8) is 0 Å². The van der Waals surface area contributed by atoms with Gasteiger partial charge < -0.3 is 14.2 Å². The van der Waals surface area contributed by atoms with E-state index in [1.165, 1.54) is 44.9 Å². The maximum atomic E-state index is 12.8. The van der Waals surface area contributed by atoms with Crippen molar-refractivity contribution in [1.29, 1.82) is 0 Å². The zero-order valence-electron chi connectivity index (χ0n) is 41.9. The summed E-state index contributed by atoms with van der Waals surface area (Å²) < 4.78 is 16.7. The molecule has 0 spiro atoms. The van der Waals surface area contributed by atoms with Crippen LogP contribution in [0.3, 0.4) is 0 Å². The van der Waals surface area contributed by atoms with Gasteiger partial charge >= 0.3 is 17.9 Å². The molecule has 0 aliphatic heterocycles. The van der Waals surface area contributed by atoms with Crippen molar-refractivity contribution >= 4 is 17.9 Å². The molecule has 1 unspecified atom stereocenters. The van der Waals surface area contributed by atoms with Crippen molar-refractivity contribution in [3.8, 4) is 0 Å². The Balaban J connectivity index is 4.65. The Labute approximate surface area is 404 Å². The van der Waals surface area contributed by atoms with Crippen LogP contribution in [0.25, 0.3) is 0 Å². The lowest BCUT2D eigenvalue weighted by molar-refractivity contribution is -0.166. The van der Waals surface area contributed by atoms with Crippen LogP contribution in [0.15, 0.2) is 146 Å². The molecule has 0 aliphatic rings. The molecule has 0 fully saturated rings. The maximum absolute atomic E-state index is 12.8. The molecule has 368 valence electrons. The first-order valence-corrected chi connectivity index (χ1v) is 25.9. The predicted octanol–water partition coefficient (Wildman–Crippen LogP) is 17.3. The van der Waals surface area contributed by atoms with Gasteiger partial charge in [-0.05, 0) is 103 Å². The van der Waals surface area contributed by atoms with Crippen LogP contribution in [-0.2, 0) is 28.6 Å². The van der Waals surface area contributed by atoms with E-state index in [0.717, 1.165) is 96.3 Å². The average Bonchev–Trinajstić information content (AvgIpc) is 3.31. The number of ether oxygens (including phenoxy) is 3. The number of rotatable bonds is 44. The van der Waals surface area contributed by atoms with Crippen molar-refractivity contribution in [2.45, 2.75) is 200 Å². The van der Waals surface area contributed by atoms with Gasteiger partial charge in [-0.25, -0.2) is 0 Å². The summed E-state index contributed by atoms with van der Waals surface area (Å²) in [5.41, 5.74) is 0. The van der Waals surface area contributed by atoms with Gasteiger partial charge in [-0.3, -0.25) is 14.4 Å². The van der Waals surface area contributed by atoms with Crippen LogP contribution < -0.4 is 0 Å². The molecule has 0 saturated heterocycles. The van der Waals surface area contributed by atoms with Crippen LogP contribution in [0.2, 0.25) is 0 Å². The average molecular weight is 909 g/mol. The van der Waals surface area contributed by atoms with E-state index in [1.807, 2.05) is 36.5 Å². The topological polar surface area (TPSA) is 78.9 Å². The van der Waals surface area contributed by atoms with Crippen LogP contribution >= 0.6 is 0 Å². The fourth-order valence-corrected chi connectivity index (χ4v) is 6.34. The normalized spacial score (nSPS) is 13.3. The van der Waals surface area contributed by atoms with Gasteiger partial charge in [-0.2, -0.15) is 0 Å². The van der Waals surface area contributed by atoms with Crippen molar-refractivity contribution in [2.75, 3.05) is 13.2 Å². The summed E-state index contributed by atoms with van der Waals surface area (Å²) >= 11 is 0. The Kier molecular flexibility index (Phi) is 49.1. The van der Waals surface area contributed by atoms with Gasteiger partial charge in [-0.15, -0.1) is 0 Å². The number of allylic oxidation sites excluding steroid dienone is 24. The fraction of sp³-hybridized carbons (Fsp3) is 0.550. The Morgan fingerprint density at radius 1 is 0.333 bits per heavy atom. The Morgan fingerprint density at radius 3 is 1.23 bits per heavy atom. The third kappa shape index (κ3) is 50.3. The smallest absolute Gasteiger partial charge is 0.306 e. The number of esters is 3. The Bertz CT molecular complexity index is 1510. The van der Waals surface area contributed by atoms with Crippen LogP contribution in [0.4, 0.5) is 0 Å². The summed E-state index contributed by atoms with van der Waals surface area (Å²) in [5.74, 6) is -1.11. The molecule has 0 heterocycles. The minimum atomic E-state index is -0.854. The molecule has 0 saturated carbocycles. The van der Waals surface area contributed by atoms with Crippen LogP contribution in [0.5, 0.6) is 0 Å². The first-order chi connectivity index (χ1) is 32.5. The van der Waals surface area contributed by atoms with Crippen molar-refractivity contribution in [2.24, 2.45) is 0 Å². The molecule has 0 aromatic heterocycles. The summed E-state index contributed by atoms with van der Waals surface area (Å²) in [6.07, 6.45) is 75.6. The van der Waals surface area contributed by atoms with Crippen LogP contribution in [0, 0.1) is 0 Å². The van der Waals surface area contributed by atoms with Crippen LogP contribution in [-0.4, -0.2) is 37.2 Å². The van der Waals surface area contributed by atoms with Crippen molar-refractivity contribution in [1.82, 2.24) is 0 Å². The largest absolute Gasteiger partial charge is 0.462 e. The summed E-state index contributed by atoms with van der Waals surface area (Å²) in [6, 6.07) is 0. The predicted molar refractivity (Wildman–Crippen MR) is 283 cm³/mol. The van der Waals surface area contributed by atoms with Gasteiger partial charge in [0.2, 0.25) is 0 Å². The maximum Gasteiger partial charge on any atom is 0.306 e. The lowest BCUT2D eigenvalue weighted by atomic mass is 10.1. The Hall–Kier alpha value is -4.71. The zero-order chi connectivity index (χ0) is 47.9. The zero-order valence-corrected chi connectivity index (χ0v) is 41.9. The third-order valence-electron chi connectivity index (χ3n) is 10.2. The first-order valence-electron chi connectivity index (χ1n) is 25.9. The minimum absolute atomic E-state index is 0.142. The van der Waals surface area contributed by atoms with E-state index in [-0.39, 0.29) is 38.0 Å². The van der Waals surface area contributed by atoms with Crippen molar-refractivity contribution in [3.05, 3.63) is 146 Å². The highest BCUT2D eigenvalue weighted by Crippen LogP contribution is 2.11. The fourth-order valence-electron chi connectivity index (χ4n) is 6.34.